The first kappa shape index (κ1) is 19.6. The van der Waals surface area contributed by atoms with E-state index in [0.29, 0.717) is 11.8 Å². The van der Waals surface area contributed by atoms with Gasteiger partial charge in [-0.1, -0.05) is 30.0 Å². The van der Waals surface area contributed by atoms with Crippen LogP contribution in [0.2, 0.25) is 0 Å². The fourth-order valence-corrected chi connectivity index (χ4v) is 4.59. The van der Waals surface area contributed by atoms with Crippen LogP contribution in [0.5, 0.6) is 0 Å². The first-order valence-electron chi connectivity index (χ1n) is 9.99. The van der Waals surface area contributed by atoms with E-state index in [2.05, 4.69) is 41.2 Å². The molecule has 0 spiro atoms. The van der Waals surface area contributed by atoms with Gasteiger partial charge in [0.2, 0.25) is 5.91 Å². The van der Waals surface area contributed by atoms with Crippen LogP contribution in [0.4, 0.5) is 0 Å². The van der Waals surface area contributed by atoms with Crippen LogP contribution in [0, 0.1) is 6.92 Å². The number of amides is 1. The van der Waals surface area contributed by atoms with Gasteiger partial charge in [-0.25, -0.2) is 0 Å². The van der Waals surface area contributed by atoms with Gasteiger partial charge in [-0.15, -0.1) is 10.2 Å². The SMILES string of the molecule is Cc1ccccc1-n1c(SCC(=O)N2CCCC[C@@H]2C)nnc1-c1cccnc1. The van der Waals surface area contributed by atoms with E-state index < -0.39 is 0 Å². The Balaban J connectivity index is 1.64. The number of aromatic nitrogens is 4. The molecule has 4 rings (SSSR count). The maximum atomic E-state index is 12.8. The zero-order valence-corrected chi connectivity index (χ0v) is 17.6. The van der Waals surface area contributed by atoms with E-state index in [4.69, 9.17) is 0 Å². The Labute approximate surface area is 175 Å². The molecule has 0 unspecified atom stereocenters. The average molecular weight is 408 g/mol. The van der Waals surface area contributed by atoms with Crippen molar-refractivity contribution in [1.29, 1.82) is 0 Å². The number of para-hydroxylation sites is 1. The zero-order chi connectivity index (χ0) is 20.2. The number of carbonyl (C=O) groups excluding carboxylic acids is 1. The number of rotatable bonds is 5. The van der Waals surface area contributed by atoms with Gasteiger partial charge >= 0.3 is 0 Å². The molecule has 6 nitrogen and oxygen atoms in total. The fraction of sp³-hybridized carbons (Fsp3) is 0.364. The van der Waals surface area contributed by atoms with Crippen molar-refractivity contribution in [3.05, 3.63) is 54.4 Å². The summed E-state index contributed by atoms with van der Waals surface area (Å²) in [4.78, 5) is 19.0. The summed E-state index contributed by atoms with van der Waals surface area (Å²) in [6.07, 6.45) is 6.90. The number of piperidine rings is 1. The van der Waals surface area contributed by atoms with Gasteiger partial charge in [-0.2, -0.15) is 0 Å². The van der Waals surface area contributed by atoms with Crippen molar-refractivity contribution in [2.75, 3.05) is 12.3 Å². The molecule has 1 aliphatic rings. The van der Waals surface area contributed by atoms with Crippen molar-refractivity contribution in [3.8, 4) is 17.1 Å². The third-order valence-corrected chi connectivity index (χ3v) is 6.27. The molecule has 1 atom stereocenters. The van der Waals surface area contributed by atoms with Crippen LogP contribution in [0.1, 0.15) is 31.7 Å². The third-order valence-electron chi connectivity index (χ3n) is 5.36. The summed E-state index contributed by atoms with van der Waals surface area (Å²) >= 11 is 1.45. The Morgan fingerprint density at radius 1 is 1.17 bits per heavy atom. The number of hydrogen-bond donors (Lipinski definition) is 0. The van der Waals surface area contributed by atoms with Gasteiger partial charge in [0.15, 0.2) is 11.0 Å². The number of aryl methyl sites for hydroxylation is 1. The molecule has 0 bridgehead atoms. The molecule has 0 N–H and O–H groups in total. The number of nitrogens with zero attached hydrogens (tertiary/aromatic N) is 5. The molecule has 1 amide bonds. The van der Waals surface area contributed by atoms with E-state index in [0.717, 1.165) is 47.2 Å². The predicted octanol–water partition coefficient (Wildman–Crippen LogP) is 4.13. The average Bonchev–Trinajstić information content (AvgIpc) is 3.17. The Kier molecular flexibility index (Phi) is 5.94. The molecule has 1 saturated heterocycles. The number of carbonyl (C=O) groups is 1. The summed E-state index contributed by atoms with van der Waals surface area (Å²) in [5, 5.41) is 9.58. The van der Waals surface area contributed by atoms with Crippen molar-refractivity contribution in [3.63, 3.8) is 0 Å². The van der Waals surface area contributed by atoms with Crippen molar-refractivity contribution in [2.45, 2.75) is 44.3 Å². The summed E-state index contributed by atoms with van der Waals surface area (Å²) in [7, 11) is 0. The van der Waals surface area contributed by atoms with E-state index in [9.17, 15) is 4.79 Å². The molecule has 0 radical (unpaired) electrons. The smallest absolute Gasteiger partial charge is 0.233 e. The summed E-state index contributed by atoms with van der Waals surface area (Å²) in [5.74, 6) is 1.26. The monoisotopic (exact) mass is 407 g/mol. The Hall–Kier alpha value is -2.67. The summed E-state index contributed by atoms with van der Waals surface area (Å²) < 4.78 is 2.03. The van der Waals surface area contributed by atoms with E-state index >= 15 is 0 Å². The highest BCUT2D eigenvalue weighted by Crippen LogP contribution is 2.29. The minimum absolute atomic E-state index is 0.171. The third kappa shape index (κ3) is 4.19. The molecule has 1 aliphatic heterocycles. The predicted molar refractivity (Wildman–Crippen MR) is 115 cm³/mol. The lowest BCUT2D eigenvalue weighted by atomic mass is 10.0. The van der Waals surface area contributed by atoms with Crippen LogP contribution in [0.15, 0.2) is 53.9 Å². The molecule has 7 heteroatoms. The van der Waals surface area contributed by atoms with Gasteiger partial charge in [0.1, 0.15) is 0 Å². The van der Waals surface area contributed by atoms with Crippen molar-refractivity contribution in [2.24, 2.45) is 0 Å². The van der Waals surface area contributed by atoms with Gasteiger partial charge in [0.05, 0.1) is 11.4 Å². The lowest BCUT2D eigenvalue weighted by Crippen LogP contribution is -2.42. The van der Waals surface area contributed by atoms with Crippen LogP contribution >= 0.6 is 11.8 Å². The van der Waals surface area contributed by atoms with Gasteiger partial charge in [0, 0.05) is 30.5 Å². The number of hydrogen-bond acceptors (Lipinski definition) is 5. The lowest BCUT2D eigenvalue weighted by Gasteiger charge is -2.33. The summed E-state index contributed by atoms with van der Waals surface area (Å²) in [6, 6.07) is 12.3. The van der Waals surface area contributed by atoms with Crippen LogP contribution < -0.4 is 0 Å². The van der Waals surface area contributed by atoms with Crippen LogP contribution in [0.25, 0.3) is 17.1 Å². The maximum absolute atomic E-state index is 12.8. The normalized spacial score (nSPS) is 16.8. The Bertz CT molecular complexity index is 988. The molecule has 3 heterocycles. The van der Waals surface area contributed by atoms with E-state index in [-0.39, 0.29) is 5.91 Å². The van der Waals surface area contributed by atoms with E-state index in [1.807, 2.05) is 33.7 Å². The minimum atomic E-state index is 0.171. The Morgan fingerprint density at radius 3 is 2.79 bits per heavy atom. The molecule has 1 fully saturated rings. The zero-order valence-electron chi connectivity index (χ0n) is 16.8. The molecule has 0 saturated carbocycles. The highest BCUT2D eigenvalue weighted by molar-refractivity contribution is 7.99. The highest BCUT2D eigenvalue weighted by atomic mass is 32.2. The Morgan fingerprint density at radius 2 is 2.03 bits per heavy atom. The van der Waals surface area contributed by atoms with Gasteiger partial charge in [-0.05, 0) is 56.9 Å². The summed E-state index contributed by atoms with van der Waals surface area (Å²) in [6.45, 7) is 5.06. The first-order chi connectivity index (χ1) is 14.1. The fourth-order valence-electron chi connectivity index (χ4n) is 3.75. The van der Waals surface area contributed by atoms with Gasteiger partial charge in [0.25, 0.3) is 0 Å². The molecule has 2 aromatic heterocycles. The van der Waals surface area contributed by atoms with E-state index in [1.54, 1.807) is 12.4 Å². The molecular formula is C22H25N5OS. The standard InChI is InChI=1S/C22H25N5OS/c1-16-8-3-4-11-19(16)27-21(18-10-7-12-23-14-18)24-25-22(27)29-15-20(28)26-13-6-5-9-17(26)2/h3-4,7-8,10-12,14,17H,5-6,9,13,15H2,1-2H3/t17-/m0/s1. The van der Waals surface area contributed by atoms with Crippen molar-refractivity contribution >= 4 is 17.7 Å². The summed E-state index contributed by atoms with van der Waals surface area (Å²) in [5.41, 5.74) is 3.03. The molecule has 1 aromatic carbocycles. The minimum Gasteiger partial charge on any atom is -0.339 e. The second-order valence-electron chi connectivity index (χ2n) is 7.39. The van der Waals surface area contributed by atoms with Crippen molar-refractivity contribution < 1.29 is 4.79 Å². The van der Waals surface area contributed by atoms with Crippen LogP contribution in [-0.4, -0.2) is 48.9 Å². The molecule has 0 aliphatic carbocycles. The van der Waals surface area contributed by atoms with Crippen LogP contribution in [-0.2, 0) is 4.79 Å². The largest absolute Gasteiger partial charge is 0.339 e. The van der Waals surface area contributed by atoms with Crippen LogP contribution in [0.3, 0.4) is 0 Å². The highest BCUT2D eigenvalue weighted by Gasteiger charge is 2.24. The number of benzene rings is 1. The molecule has 29 heavy (non-hydrogen) atoms. The second kappa shape index (κ2) is 8.78. The topological polar surface area (TPSA) is 63.9 Å². The number of thioether (sulfide) groups is 1. The van der Waals surface area contributed by atoms with Crippen molar-refractivity contribution in [1.82, 2.24) is 24.6 Å². The first-order valence-corrected chi connectivity index (χ1v) is 11.0. The molecule has 3 aromatic rings. The molecule has 150 valence electrons. The number of likely N-dealkylation sites (tertiary alicyclic amines) is 1. The van der Waals surface area contributed by atoms with Gasteiger partial charge < -0.3 is 4.90 Å². The quantitative estimate of drug-likeness (QED) is 0.595. The maximum Gasteiger partial charge on any atom is 0.233 e. The number of pyridine rings is 1. The molecular weight excluding hydrogens is 382 g/mol. The van der Waals surface area contributed by atoms with E-state index in [1.165, 1.54) is 18.2 Å². The lowest BCUT2D eigenvalue weighted by molar-refractivity contribution is -0.131. The second-order valence-corrected chi connectivity index (χ2v) is 8.33. The van der Waals surface area contributed by atoms with Gasteiger partial charge in [-0.3, -0.25) is 14.3 Å².